The van der Waals surface area contributed by atoms with Gasteiger partial charge in [0.2, 0.25) is 0 Å². The van der Waals surface area contributed by atoms with Gasteiger partial charge in [0.15, 0.2) is 0 Å². The van der Waals surface area contributed by atoms with E-state index in [0.717, 1.165) is 15.6 Å². The molecule has 0 aliphatic heterocycles. The third-order valence-electron chi connectivity index (χ3n) is 3.22. The number of aliphatic hydroxyl groups is 1. The van der Waals surface area contributed by atoms with Crippen LogP contribution in [0.1, 0.15) is 33.9 Å². The van der Waals surface area contributed by atoms with E-state index in [2.05, 4.69) is 48.0 Å². The van der Waals surface area contributed by atoms with Gasteiger partial charge in [0.25, 0.3) is 0 Å². The van der Waals surface area contributed by atoms with E-state index in [0.29, 0.717) is 6.42 Å². The Labute approximate surface area is 123 Å². The lowest BCUT2D eigenvalue weighted by Gasteiger charge is -2.14. The fourth-order valence-corrected chi connectivity index (χ4v) is 2.95. The molecule has 0 heterocycles. The molecular weight excluding hydrogens is 300 g/mol. The first-order valence-corrected chi connectivity index (χ1v) is 7.26. The second-order valence-electron chi connectivity index (χ2n) is 5.24. The number of hydrogen-bond donors (Lipinski definition) is 1. The molecule has 0 radical (unpaired) electrons. The lowest BCUT2D eigenvalue weighted by molar-refractivity contribution is 0.177. The fraction of sp³-hybridized carbons (Fsp3) is 0.294. The number of rotatable bonds is 3. The van der Waals surface area contributed by atoms with E-state index in [1.807, 2.05) is 25.1 Å². The van der Waals surface area contributed by atoms with Crippen LogP contribution < -0.4 is 0 Å². The largest absolute Gasteiger partial charge is 0.388 e. The minimum Gasteiger partial charge on any atom is -0.388 e. The van der Waals surface area contributed by atoms with Crippen molar-refractivity contribution in [1.29, 1.82) is 0 Å². The summed E-state index contributed by atoms with van der Waals surface area (Å²) in [5.41, 5.74) is 5.78. The molecule has 0 fully saturated rings. The van der Waals surface area contributed by atoms with Gasteiger partial charge in [-0.05, 0) is 38.0 Å². The average Bonchev–Trinajstić information content (AvgIpc) is 2.30. The van der Waals surface area contributed by atoms with Crippen LogP contribution in [0.4, 0.5) is 0 Å². The molecule has 0 aromatic heterocycles. The van der Waals surface area contributed by atoms with Crippen LogP contribution in [0.15, 0.2) is 40.9 Å². The van der Waals surface area contributed by atoms with Crippen molar-refractivity contribution in [3.05, 3.63) is 68.7 Å². The molecule has 1 atom stereocenters. The third-order valence-corrected chi connectivity index (χ3v) is 3.94. The molecule has 0 aliphatic carbocycles. The van der Waals surface area contributed by atoms with Crippen LogP contribution in [-0.4, -0.2) is 5.11 Å². The minimum absolute atomic E-state index is 0.476. The Hall–Kier alpha value is -1.12. The molecule has 1 N–H and O–H groups in total. The van der Waals surface area contributed by atoms with Gasteiger partial charge in [-0.3, -0.25) is 0 Å². The monoisotopic (exact) mass is 318 g/mol. The van der Waals surface area contributed by atoms with Crippen molar-refractivity contribution in [1.82, 2.24) is 0 Å². The van der Waals surface area contributed by atoms with Crippen molar-refractivity contribution in [3.63, 3.8) is 0 Å². The smallest absolute Gasteiger partial charge is 0.0841 e. The summed E-state index contributed by atoms with van der Waals surface area (Å²) in [6, 6.07) is 12.5. The van der Waals surface area contributed by atoms with Crippen LogP contribution in [0.25, 0.3) is 0 Å². The predicted molar refractivity (Wildman–Crippen MR) is 83.5 cm³/mol. The van der Waals surface area contributed by atoms with E-state index in [-0.39, 0.29) is 0 Å². The van der Waals surface area contributed by atoms with E-state index in [1.54, 1.807) is 0 Å². The normalized spacial score (nSPS) is 12.5. The van der Waals surface area contributed by atoms with Gasteiger partial charge < -0.3 is 5.11 Å². The Bertz CT molecular complexity index is 570. The van der Waals surface area contributed by atoms with Crippen LogP contribution in [0.3, 0.4) is 0 Å². The van der Waals surface area contributed by atoms with Gasteiger partial charge in [-0.1, -0.05) is 63.0 Å². The molecule has 0 bridgehead atoms. The van der Waals surface area contributed by atoms with Crippen LogP contribution >= 0.6 is 15.9 Å². The summed E-state index contributed by atoms with van der Waals surface area (Å²) in [6.45, 7) is 6.22. The van der Waals surface area contributed by atoms with Gasteiger partial charge in [0, 0.05) is 10.9 Å². The van der Waals surface area contributed by atoms with E-state index in [9.17, 15) is 5.11 Å². The summed E-state index contributed by atoms with van der Waals surface area (Å²) in [4.78, 5) is 0. The molecular formula is C17H19BrO. The first-order chi connectivity index (χ1) is 8.95. The molecule has 0 spiro atoms. The Kier molecular flexibility index (Phi) is 4.43. The SMILES string of the molecule is Cc1cc(C)cc(CC(O)c2cc(C)ccc2Br)c1. The van der Waals surface area contributed by atoms with Crippen LogP contribution in [0.5, 0.6) is 0 Å². The Morgan fingerprint density at radius 1 is 0.947 bits per heavy atom. The fourth-order valence-electron chi connectivity index (χ4n) is 2.44. The molecule has 1 nitrogen and oxygen atoms in total. The summed E-state index contributed by atoms with van der Waals surface area (Å²) < 4.78 is 0.968. The maximum Gasteiger partial charge on any atom is 0.0841 e. The van der Waals surface area contributed by atoms with Gasteiger partial charge in [-0.25, -0.2) is 0 Å². The van der Waals surface area contributed by atoms with Crippen molar-refractivity contribution in [2.24, 2.45) is 0 Å². The number of benzene rings is 2. The molecule has 2 heteroatoms. The number of halogens is 1. The third kappa shape index (κ3) is 3.68. The second-order valence-corrected chi connectivity index (χ2v) is 6.10. The summed E-state index contributed by atoms with van der Waals surface area (Å²) in [5, 5.41) is 10.4. The standard InChI is InChI=1S/C17H19BrO/c1-11-4-5-16(18)15(9-11)17(19)10-14-7-12(2)6-13(3)8-14/h4-9,17,19H,10H2,1-3H3. The van der Waals surface area contributed by atoms with Crippen LogP contribution in [0.2, 0.25) is 0 Å². The first-order valence-electron chi connectivity index (χ1n) is 6.47. The second kappa shape index (κ2) is 5.89. The molecule has 1 unspecified atom stereocenters. The molecule has 2 aromatic rings. The van der Waals surface area contributed by atoms with E-state index in [4.69, 9.17) is 0 Å². The molecule has 0 saturated heterocycles. The maximum atomic E-state index is 10.4. The molecule has 0 amide bonds. The molecule has 2 aromatic carbocycles. The van der Waals surface area contributed by atoms with E-state index >= 15 is 0 Å². The molecule has 100 valence electrons. The molecule has 19 heavy (non-hydrogen) atoms. The quantitative estimate of drug-likeness (QED) is 0.873. The van der Waals surface area contributed by atoms with Crippen molar-refractivity contribution in [2.75, 3.05) is 0 Å². The lowest BCUT2D eigenvalue weighted by atomic mass is 9.98. The number of hydrogen-bond acceptors (Lipinski definition) is 1. The van der Waals surface area contributed by atoms with Crippen molar-refractivity contribution < 1.29 is 5.11 Å². The zero-order valence-corrected chi connectivity index (χ0v) is 13.2. The van der Waals surface area contributed by atoms with E-state index in [1.165, 1.54) is 16.7 Å². The van der Waals surface area contributed by atoms with Crippen molar-refractivity contribution in [3.8, 4) is 0 Å². The molecule has 0 aliphatic rings. The Morgan fingerprint density at radius 3 is 2.21 bits per heavy atom. The predicted octanol–water partition coefficient (Wildman–Crippen LogP) is 4.65. The van der Waals surface area contributed by atoms with Gasteiger partial charge in [-0.2, -0.15) is 0 Å². The highest BCUT2D eigenvalue weighted by Crippen LogP contribution is 2.27. The van der Waals surface area contributed by atoms with Crippen molar-refractivity contribution >= 4 is 15.9 Å². The van der Waals surface area contributed by atoms with Crippen LogP contribution in [0, 0.1) is 20.8 Å². The highest BCUT2D eigenvalue weighted by atomic mass is 79.9. The van der Waals surface area contributed by atoms with Gasteiger partial charge in [0.05, 0.1) is 6.10 Å². The highest BCUT2D eigenvalue weighted by molar-refractivity contribution is 9.10. The molecule has 0 saturated carbocycles. The summed E-state index contributed by atoms with van der Waals surface area (Å²) >= 11 is 3.51. The summed E-state index contributed by atoms with van der Waals surface area (Å²) in [7, 11) is 0. The average molecular weight is 319 g/mol. The van der Waals surface area contributed by atoms with Gasteiger partial charge >= 0.3 is 0 Å². The maximum absolute atomic E-state index is 10.4. The Morgan fingerprint density at radius 2 is 1.58 bits per heavy atom. The Balaban J connectivity index is 2.25. The van der Waals surface area contributed by atoms with Gasteiger partial charge in [0.1, 0.15) is 0 Å². The zero-order valence-electron chi connectivity index (χ0n) is 11.6. The lowest BCUT2D eigenvalue weighted by Crippen LogP contribution is -2.03. The van der Waals surface area contributed by atoms with Crippen molar-refractivity contribution in [2.45, 2.75) is 33.3 Å². The number of aliphatic hydroxyl groups excluding tert-OH is 1. The summed E-state index contributed by atoms with van der Waals surface area (Å²) in [5.74, 6) is 0. The number of aryl methyl sites for hydroxylation is 3. The molecule has 2 rings (SSSR count). The first kappa shape index (κ1) is 14.3. The summed E-state index contributed by atoms with van der Waals surface area (Å²) in [6.07, 6.45) is 0.167. The zero-order chi connectivity index (χ0) is 14.0. The minimum atomic E-state index is -0.476. The van der Waals surface area contributed by atoms with E-state index < -0.39 is 6.10 Å². The highest BCUT2D eigenvalue weighted by Gasteiger charge is 2.12. The topological polar surface area (TPSA) is 20.2 Å². The van der Waals surface area contributed by atoms with Gasteiger partial charge in [-0.15, -0.1) is 0 Å². The van der Waals surface area contributed by atoms with Crippen LogP contribution in [-0.2, 0) is 6.42 Å².